The van der Waals surface area contributed by atoms with Gasteiger partial charge in [-0.05, 0) is 36.1 Å². The van der Waals surface area contributed by atoms with E-state index in [0.29, 0.717) is 5.69 Å². The predicted octanol–water partition coefficient (Wildman–Crippen LogP) is 2.45. The SMILES string of the molecule is Cc1cc(F)cc(NC(=O)[C@H](N)C(C)(C)C)c1. The van der Waals surface area contributed by atoms with Crippen molar-refractivity contribution in [1.82, 2.24) is 0 Å². The molecule has 1 amide bonds. The molecular weight excluding hydrogens is 219 g/mol. The number of amides is 1. The van der Waals surface area contributed by atoms with Gasteiger partial charge in [-0.1, -0.05) is 20.8 Å². The van der Waals surface area contributed by atoms with Crippen LogP contribution in [-0.4, -0.2) is 11.9 Å². The smallest absolute Gasteiger partial charge is 0.241 e. The maximum atomic E-state index is 13.1. The number of aryl methyl sites for hydroxylation is 1. The fraction of sp³-hybridized carbons (Fsp3) is 0.462. The summed E-state index contributed by atoms with van der Waals surface area (Å²) in [6, 6.07) is 3.75. The average Bonchev–Trinajstić information content (AvgIpc) is 2.13. The highest BCUT2D eigenvalue weighted by molar-refractivity contribution is 5.95. The van der Waals surface area contributed by atoms with E-state index in [1.807, 2.05) is 20.8 Å². The van der Waals surface area contributed by atoms with Gasteiger partial charge in [-0.3, -0.25) is 4.79 Å². The van der Waals surface area contributed by atoms with Crippen molar-refractivity contribution in [1.29, 1.82) is 0 Å². The lowest BCUT2D eigenvalue weighted by Gasteiger charge is -2.25. The van der Waals surface area contributed by atoms with Crippen molar-refractivity contribution in [3.05, 3.63) is 29.6 Å². The highest BCUT2D eigenvalue weighted by Crippen LogP contribution is 2.19. The first-order chi connectivity index (χ1) is 7.70. The Morgan fingerprint density at radius 1 is 1.35 bits per heavy atom. The van der Waals surface area contributed by atoms with Crippen molar-refractivity contribution in [3.63, 3.8) is 0 Å². The van der Waals surface area contributed by atoms with Gasteiger partial charge < -0.3 is 11.1 Å². The lowest BCUT2D eigenvalue weighted by molar-refractivity contribution is -0.119. The minimum Gasteiger partial charge on any atom is -0.325 e. The fourth-order valence-electron chi connectivity index (χ4n) is 1.42. The van der Waals surface area contributed by atoms with Crippen LogP contribution in [0.5, 0.6) is 0 Å². The number of carbonyl (C=O) groups is 1. The van der Waals surface area contributed by atoms with Crippen LogP contribution < -0.4 is 11.1 Å². The quantitative estimate of drug-likeness (QED) is 0.831. The third-order valence-corrected chi connectivity index (χ3v) is 2.53. The molecule has 0 aliphatic carbocycles. The number of nitrogens with two attached hydrogens (primary N) is 1. The van der Waals surface area contributed by atoms with E-state index in [4.69, 9.17) is 5.73 Å². The minimum absolute atomic E-state index is 0.303. The molecule has 0 radical (unpaired) electrons. The van der Waals surface area contributed by atoms with E-state index >= 15 is 0 Å². The number of anilines is 1. The molecule has 1 aromatic carbocycles. The number of halogens is 1. The molecule has 0 heterocycles. The molecule has 0 saturated carbocycles. The molecule has 17 heavy (non-hydrogen) atoms. The normalized spacial score (nSPS) is 13.3. The maximum Gasteiger partial charge on any atom is 0.241 e. The highest BCUT2D eigenvalue weighted by atomic mass is 19.1. The first-order valence-electron chi connectivity index (χ1n) is 5.54. The Balaban J connectivity index is 2.81. The van der Waals surface area contributed by atoms with Crippen LogP contribution in [0.4, 0.5) is 10.1 Å². The van der Waals surface area contributed by atoms with Crippen LogP contribution in [0.2, 0.25) is 0 Å². The molecule has 1 atom stereocenters. The fourth-order valence-corrected chi connectivity index (χ4v) is 1.42. The number of hydrogen-bond donors (Lipinski definition) is 2. The van der Waals surface area contributed by atoms with Gasteiger partial charge in [0.05, 0.1) is 6.04 Å². The monoisotopic (exact) mass is 238 g/mol. The molecule has 0 saturated heterocycles. The predicted molar refractivity (Wildman–Crippen MR) is 67.2 cm³/mol. The first kappa shape index (κ1) is 13.6. The van der Waals surface area contributed by atoms with Gasteiger partial charge in [-0.15, -0.1) is 0 Å². The molecule has 0 aromatic heterocycles. The third-order valence-electron chi connectivity index (χ3n) is 2.53. The van der Waals surface area contributed by atoms with Crippen LogP contribution in [0.25, 0.3) is 0 Å². The van der Waals surface area contributed by atoms with E-state index in [1.54, 1.807) is 13.0 Å². The molecule has 4 heteroatoms. The van der Waals surface area contributed by atoms with Crippen LogP contribution in [0.1, 0.15) is 26.3 Å². The maximum absolute atomic E-state index is 13.1. The van der Waals surface area contributed by atoms with Gasteiger partial charge >= 0.3 is 0 Å². The number of hydrogen-bond acceptors (Lipinski definition) is 2. The molecule has 0 aliphatic heterocycles. The largest absolute Gasteiger partial charge is 0.325 e. The molecule has 0 unspecified atom stereocenters. The number of nitrogens with one attached hydrogen (secondary N) is 1. The first-order valence-corrected chi connectivity index (χ1v) is 5.54. The zero-order valence-corrected chi connectivity index (χ0v) is 10.7. The molecule has 0 aliphatic rings. The van der Waals surface area contributed by atoms with E-state index in [9.17, 15) is 9.18 Å². The van der Waals surface area contributed by atoms with Crippen molar-refractivity contribution >= 4 is 11.6 Å². The van der Waals surface area contributed by atoms with E-state index in [-0.39, 0.29) is 17.1 Å². The second-order valence-electron chi connectivity index (χ2n) is 5.35. The molecular formula is C13H19FN2O. The summed E-state index contributed by atoms with van der Waals surface area (Å²) in [5.41, 5.74) is 6.68. The minimum atomic E-state index is -0.633. The summed E-state index contributed by atoms with van der Waals surface area (Å²) in [4.78, 5) is 11.8. The van der Waals surface area contributed by atoms with Crippen molar-refractivity contribution in [2.24, 2.45) is 11.1 Å². The Bertz CT molecular complexity index is 404. The summed E-state index contributed by atoms with van der Waals surface area (Å²) in [5.74, 6) is -0.674. The topological polar surface area (TPSA) is 55.1 Å². The Labute approximate surface area is 101 Å². The van der Waals surface area contributed by atoms with Crippen LogP contribution in [0.15, 0.2) is 18.2 Å². The van der Waals surface area contributed by atoms with E-state index < -0.39 is 6.04 Å². The standard InChI is InChI=1S/C13H19FN2O/c1-8-5-9(14)7-10(6-8)16-12(17)11(15)13(2,3)4/h5-7,11H,15H2,1-4H3,(H,16,17)/t11-/m0/s1. The summed E-state index contributed by atoms with van der Waals surface area (Å²) in [7, 11) is 0. The summed E-state index contributed by atoms with van der Waals surface area (Å²) in [6.45, 7) is 7.42. The summed E-state index contributed by atoms with van der Waals surface area (Å²) >= 11 is 0. The number of rotatable bonds is 2. The summed E-state index contributed by atoms with van der Waals surface area (Å²) in [6.07, 6.45) is 0. The van der Waals surface area contributed by atoms with Crippen LogP contribution in [0, 0.1) is 18.2 Å². The molecule has 0 fully saturated rings. The summed E-state index contributed by atoms with van der Waals surface area (Å²) in [5, 5.41) is 2.63. The molecule has 3 N–H and O–H groups in total. The van der Waals surface area contributed by atoms with E-state index in [1.165, 1.54) is 12.1 Å². The van der Waals surface area contributed by atoms with Crippen molar-refractivity contribution in [3.8, 4) is 0 Å². The lowest BCUT2D eigenvalue weighted by atomic mass is 9.87. The lowest BCUT2D eigenvalue weighted by Crippen LogP contribution is -2.45. The van der Waals surface area contributed by atoms with Gasteiger partial charge in [0.15, 0.2) is 0 Å². The zero-order chi connectivity index (χ0) is 13.2. The van der Waals surface area contributed by atoms with Crippen molar-refractivity contribution in [2.75, 3.05) is 5.32 Å². The zero-order valence-electron chi connectivity index (χ0n) is 10.7. The molecule has 94 valence electrons. The van der Waals surface area contributed by atoms with Gasteiger partial charge in [0, 0.05) is 5.69 Å². The molecule has 1 rings (SSSR count). The molecule has 3 nitrogen and oxygen atoms in total. The van der Waals surface area contributed by atoms with Gasteiger partial charge in [-0.25, -0.2) is 4.39 Å². The van der Waals surface area contributed by atoms with Gasteiger partial charge in [0.25, 0.3) is 0 Å². The number of benzene rings is 1. The summed E-state index contributed by atoms with van der Waals surface area (Å²) < 4.78 is 13.1. The second-order valence-corrected chi connectivity index (χ2v) is 5.35. The van der Waals surface area contributed by atoms with Crippen molar-refractivity contribution < 1.29 is 9.18 Å². The Morgan fingerprint density at radius 2 is 1.94 bits per heavy atom. The Hall–Kier alpha value is -1.42. The third kappa shape index (κ3) is 3.82. The van der Waals surface area contributed by atoms with Crippen molar-refractivity contribution in [2.45, 2.75) is 33.7 Å². The van der Waals surface area contributed by atoms with Gasteiger partial charge in [-0.2, -0.15) is 0 Å². The van der Waals surface area contributed by atoms with Gasteiger partial charge in [0.2, 0.25) is 5.91 Å². The average molecular weight is 238 g/mol. The highest BCUT2D eigenvalue weighted by Gasteiger charge is 2.27. The van der Waals surface area contributed by atoms with E-state index in [0.717, 1.165) is 5.56 Å². The Kier molecular flexibility index (Phi) is 3.88. The second kappa shape index (κ2) is 4.84. The van der Waals surface area contributed by atoms with Crippen LogP contribution >= 0.6 is 0 Å². The molecule has 0 bridgehead atoms. The van der Waals surface area contributed by atoms with E-state index in [2.05, 4.69) is 5.32 Å². The molecule has 1 aromatic rings. The molecule has 0 spiro atoms. The number of carbonyl (C=O) groups excluding carboxylic acids is 1. The van der Waals surface area contributed by atoms with Crippen LogP contribution in [0.3, 0.4) is 0 Å². The van der Waals surface area contributed by atoms with Crippen LogP contribution in [-0.2, 0) is 4.79 Å². The Morgan fingerprint density at radius 3 is 2.41 bits per heavy atom. The van der Waals surface area contributed by atoms with Gasteiger partial charge in [0.1, 0.15) is 5.82 Å².